The minimum absolute atomic E-state index is 0.433. The van der Waals surface area contributed by atoms with Gasteiger partial charge in [0, 0.05) is 30.7 Å². The van der Waals surface area contributed by atoms with Crippen LogP contribution < -0.4 is 5.32 Å². The second-order valence-corrected chi connectivity index (χ2v) is 6.24. The van der Waals surface area contributed by atoms with Gasteiger partial charge in [-0.25, -0.2) is 0 Å². The minimum atomic E-state index is 0.433. The Hall–Kier alpha value is -0.0800. The van der Waals surface area contributed by atoms with Crippen LogP contribution in [0.3, 0.4) is 0 Å². The Bertz CT molecular complexity index is 245. The summed E-state index contributed by atoms with van der Waals surface area (Å²) in [5, 5.41) is 3.77. The molecule has 100 valence electrons. The van der Waals surface area contributed by atoms with E-state index in [0.717, 1.165) is 12.0 Å². The molecule has 2 nitrogen and oxygen atoms in total. The minimum Gasteiger partial charge on any atom is -0.311 e. The van der Waals surface area contributed by atoms with E-state index in [1.165, 1.54) is 45.2 Å². The maximum Gasteiger partial charge on any atom is 0.0337 e. The molecule has 0 spiro atoms. The molecule has 0 bridgehead atoms. The molecule has 2 atom stereocenters. The van der Waals surface area contributed by atoms with E-state index in [1.807, 2.05) is 0 Å². The summed E-state index contributed by atoms with van der Waals surface area (Å²) in [6.45, 7) is 12.0. The molecule has 1 saturated heterocycles. The van der Waals surface area contributed by atoms with Crippen molar-refractivity contribution in [2.45, 2.75) is 77.4 Å². The van der Waals surface area contributed by atoms with Crippen LogP contribution in [0.5, 0.6) is 0 Å². The summed E-state index contributed by atoms with van der Waals surface area (Å²) in [7, 11) is 0. The number of piperazine rings is 1. The van der Waals surface area contributed by atoms with Gasteiger partial charge in [0.05, 0.1) is 0 Å². The smallest absolute Gasteiger partial charge is 0.0337 e. The summed E-state index contributed by atoms with van der Waals surface area (Å²) in [6, 6.07) is 1.50. The summed E-state index contributed by atoms with van der Waals surface area (Å²) in [5.74, 6) is 0.952. The van der Waals surface area contributed by atoms with Crippen LogP contribution in [0.1, 0.15) is 59.8 Å². The van der Waals surface area contributed by atoms with Crippen LogP contribution in [0.25, 0.3) is 0 Å². The fourth-order valence-electron chi connectivity index (χ4n) is 3.62. The summed E-state index contributed by atoms with van der Waals surface area (Å²) in [6.07, 6.45) is 6.76. The van der Waals surface area contributed by atoms with Crippen LogP contribution in [-0.2, 0) is 0 Å². The van der Waals surface area contributed by atoms with Crippen molar-refractivity contribution in [2.24, 2.45) is 5.92 Å². The molecule has 0 aromatic rings. The predicted molar refractivity (Wildman–Crippen MR) is 74.3 cm³/mol. The van der Waals surface area contributed by atoms with Gasteiger partial charge < -0.3 is 5.32 Å². The normalized spacial score (nSPS) is 35.5. The summed E-state index contributed by atoms with van der Waals surface area (Å²) in [5.41, 5.74) is 0.433. The van der Waals surface area contributed by atoms with Crippen molar-refractivity contribution in [1.82, 2.24) is 10.2 Å². The van der Waals surface area contributed by atoms with Gasteiger partial charge >= 0.3 is 0 Å². The van der Waals surface area contributed by atoms with Crippen LogP contribution >= 0.6 is 0 Å². The van der Waals surface area contributed by atoms with E-state index in [4.69, 9.17) is 0 Å². The zero-order valence-electron chi connectivity index (χ0n) is 12.1. The first-order valence-corrected chi connectivity index (χ1v) is 7.65. The second kappa shape index (κ2) is 5.27. The number of hydrogen-bond donors (Lipinski definition) is 1. The molecule has 2 unspecified atom stereocenters. The highest BCUT2D eigenvalue weighted by Crippen LogP contribution is 2.45. The zero-order chi connectivity index (χ0) is 12.5. The predicted octanol–water partition coefficient (Wildman–Crippen LogP) is 3.03. The molecule has 1 saturated carbocycles. The Kier molecular flexibility index (Phi) is 4.14. The van der Waals surface area contributed by atoms with Gasteiger partial charge in [0.2, 0.25) is 0 Å². The van der Waals surface area contributed by atoms with Crippen LogP contribution in [-0.4, -0.2) is 35.6 Å². The van der Waals surface area contributed by atoms with Gasteiger partial charge in [0.25, 0.3) is 0 Å². The molecule has 0 amide bonds. The molecule has 0 radical (unpaired) electrons. The molecule has 0 aromatic heterocycles. The van der Waals surface area contributed by atoms with Gasteiger partial charge in [-0.05, 0) is 44.9 Å². The third-order valence-corrected chi connectivity index (χ3v) is 5.15. The molecule has 1 N–H and O–H groups in total. The van der Waals surface area contributed by atoms with E-state index < -0.39 is 0 Å². The molecule has 2 heteroatoms. The lowest BCUT2D eigenvalue weighted by molar-refractivity contribution is -0.00537. The lowest BCUT2D eigenvalue weighted by atomic mass is 9.86. The lowest BCUT2D eigenvalue weighted by Crippen LogP contribution is -2.66. The highest BCUT2D eigenvalue weighted by atomic mass is 15.3. The highest BCUT2D eigenvalue weighted by molar-refractivity contribution is 5.06. The first-order chi connectivity index (χ1) is 8.15. The molecule has 17 heavy (non-hydrogen) atoms. The van der Waals surface area contributed by atoms with Crippen molar-refractivity contribution in [3.05, 3.63) is 0 Å². The molecule has 2 rings (SSSR count). The third kappa shape index (κ3) is 2.53. The van der Waals surface area contributed by atoms with E-state index in [2.05, 4.69) is 37.9 Å². The largest absolute Gasteiger partial charge is 0.311 e. The first-order valence-electron chi connectivity index (χ1n) is 7.65. The Morgan fingerprint density at radius 1 is 1.24 bits per heavy atom. The second-order valence-electron chi connectivity index (χ2n) is 6.24. The van der Waals surface area contributed by atoms with E-state index in [9.17, 15) is 0 Å². The molecule has 1 aliphatic heterocycles. The van der Waals surface area contributed by atoms with Crippen molar-refractivity contribution in [3.8, 4) is 0 Å². The van der Waals surface area contributed by atoms with Gasteiger partial charge in [-0.3, -0.25) is 4.90 Å². The van der Waals surface area contributed by atoms with Crippen molar-refractivity contribution in [2.75, 3.05) is 13.1 Å². The summed E-state index contributed by atoms with van der Waals surface area (Å²) >= 11 is 0. The topological polar surface area (TPSA) is 15.3 Å². The van der Waals surface area contributed by atoms with E-state index >= 15 is 0 Å². The fraction of sp³-hybridized carbons (Fsp3) is 1.00. The van der Waals surface area contributed by atoms with Crippen molar-refractivity contribution < 1.29 is 0 Å². The molecule has 1 heterocycles. The van der Waals surface area contributed by atoms with Crippen LogP contribution in [0.4, 0.5) is 0 Å². The Morgan fingerprint density at radius 3 is 2.35 bits per heavy atom. The third-order valence-electron chi connectivity index (χ3n) is 5.15. The maximum atomic E-state index is 3.77. The van der Waals surface area contributed by atoms with Crippen molar-refractivity contribution in [1.29, 1.82) is 0 Å². The van der Waals surface area contributed by atoms with Gasteiger partial charge in [-0.1, -0.05) is 20.8 Å². The SMILES string of the molecule is CCC1CN(C(CC)CC)C(C)(C2CC2)CN1. The molecular formula is C15H30N2. The number of nitrogens with one attached hydrogen (secondary N) is 1. The molecule has 2 aliphatic rings. The van der Waals surface area contributed by atoms with Gasteiger partial charge in [0.1, 0.15) is 0 Å². The summed E-state index contributed by atoms with van der Waals surface area (Å²) in [4.78, 5) is 2.86. The number of rotatable bonds is 5. The maximum absolute atomic E-state index is 3.77. The van der Waals surface area contributed by atoms with Crippen molar-refractivity contribution >= 4 is 0 Å². The summed E-state index contributed by atoms with van der Waals surface area (Å²) < 4.78 is 0. The Morgan fingerprint density at radius 2 is 1.88 bits per heavy atom. The van der Waals surface area contributed by atoms with Gasteiger partial charge in [-0.15, -0.1) is 0 Å². The fourth-order valence-corrected chi connectivity index (χ4v) is 3.62. The van der Waals surface area contributed by atoms with E-state index in [-0.39, 0.29) is 0 Å². The first kappa shape index (κ1) is 13.4. The lowest BCUT2D eigenvalue weighted by Gasteiger charge is -2.52. The van der Waals surface area contributed by atoms with Gasteiger partial charge in [0.15, 0.2) is 0 Å². The van der Waals surface area contributed by atoms with E-state index in [1.54, 1.807) is 0 Å². The molecule has 0 aromatic carbocycles. The highest BCUT2D eigenvalue weighted by Gasteiger charge is 2.49. The average Bonchev–Trinajstić information content (AvgIpc) is 3.17. The number of nitrogens with zero attached hydrogens (tertiary/aromatic N) is 1. The van der Waals surface area contributed by atoms with Crippen LogP contribution in [0.15, 0.2) is 0 Å². The van der Waals surface area contributed by atoms with Gasteiger partial charge in [-0.2, -0.15) is 0 Å². The quantitative estimate of drug-likeness (QED) is 0.792. The Balaban J connectivity index is 2.13. The standard InChI is InChI=1S/C15H30N2/c1-5-13-10-17(14(6-2)7-3)15(4,11-16-13)12-8-9-12/h12-14,16H,5-11H2,1-4H3. The molecular weight excluding hydrogens is 208 g/mol. The van der Waals surface area contributed by atoms with Crippen molar-refractivity contribution in [3.63, 3.8) is 0 Å². The Labute approximate surface area is 107 Å². The van der Waals surface area contributed by atoms with E-state index in [0.29, 0.717) is 11.6 Å². The van der Waals surface area contributed by atoms with Crippen LogP contribution in [0, 0.1) is 5.92 Å². The monoisotopic (exact) mass is 238 g/mol. The molecule has 1 aliphatic carbocycles. The zero-order valence-corrected chi connectivity index (χ0v) is 12.1. The average molecular weight is 238 g/mol. The van der Waals surface area contributed by atoms with Crippen LogP contribution in [0.2, 0.25) is 0 Å². The molecule has 2 fully saturated rings. The number of hydrogen-bond acceptors (Lipinski definition) is 2.